The molecule has 0 saturated heterocycles. The van der Waals surface area contributed by atoms with Crippen LogP contribution in [0.4, 0.5) is 4.39 Å². The van der Waals surface area contributed by atoms with Gasteiger partial charge in [-0.15, -0.1) is 0 Å². The third-order valence-corrected chi connectivity index (χ3v) is 3.08. The highest BCUT2D eigenvalue weighted by molar-refractivity contribution is 5.96. The van der Waals surface area contributed by atoms with E-state index < -0.39 is 0 Å². The van der Waals surface area contributed by atoms with Gasteiger partial charge in [-0.1, -0.05) is 0 Å². The van der Waals surface area contributed by atoms with Crippen molar-refractivity contribution in [2.24, 2.45) is 0 Å². The molecule has 1 N–H and O–H groups in total. The fourth-order valence-electron chi connectivity index (χ4n) is 1.85. The lowest BCUT2D eigenvalue weighted by molar-refractivity contribution is 0.0968. The molecule has 0 bridgehead atoms. The van der Waals surface area contributed by atoms with E-state index in [9.17, 15) is 9.18 Å². The van der Waals surface area contributed by atoms with Crippen LogP contribution in [0.3, 0.4) is 0 Å². The largest absolute Gasteiger partial charge is 0.396 e. The molecule has 0 amide bonds. The summed E-state index contributed by atoms with van der Waals surface area (Å²) in [6.07, 6.45) is 3.32. The first kappa shape index (κ1) is 15.8. The molecular formula is C15H22FNO2. The summed E-state index contributed by atoms with van der Waals surface area (Å²) in [5, 5.41) is 8.67. The van der Waals surface area contributed by atoms with E-state index in [2.05, 4.69) is 4.90 Å². The fourth-order valence-corrected chi connectivity index (χ4v) is 1.85. The Morgan fingerprint density at radius 3 is 2.47 bits per heavy atom. The van der Waals surface area contributed by atoms with Gasteiger partial charge in [-0.25, -0.2) is 4.39 Å². The zero-order valence-electron chi connectivity index (χ0n) is 11.4. The molecule has 1 rings (SSSR count). The van der Waals surface area contributed by atoms with Crippen molar-refractivity contribution in [2.75, 3.05) is 26.7 Å². The van der Waals surface area contributed by atoms with Crippen molar-refractivity contribution >= 4 is 5.78 Å². The van der Waals surface area contributed by atoms with Gasteiger partial charge in [-0.05, 0) is 57.1 Å². The van der Waals surface area contributed by atoms with E-state index in [-0.39, 0.29) is 18.2 Å². The number of benzene rings is 1. The monoisotopic (exact) mass is 267 g/mol. The summed E-state index contributed by atoms with van der Waals surface area (Å²) in [5.41, 5.74) is 0.565. The minimum absolute atomic E-state index is 0.0437. The van der Waals surface area contributed by atoms with Crippen molar-refractivity contribution in [3.63, 3.8) is 0 Å². The van der Waals surface area contributed by atoms with Crippen LogP contribution in [0.15, 0.2) is 24.3 Å². The molecule has 0 radical (unpaired) electrons. The standard InChI is InChI=1S/C15H22FNO2/c1-17(10-3-2-4-12-18)11-9-15(19)13-5-7-14(16)8-6-13/h5-8,18H,2-4,9-12H2,1H3. The van der Waals surface area contributed by atoms with Crippen LogP contribution < -0.4 is 0 Å². The maximum atomic E-state index is 12.7. The van der Waals surface area contributed by atoms with Crippen LogP contribution in [0.5, 0.6) is 0 Å². The van der Waals surface area contributed by atoms with Crippen LogP contribution in [-0.4, -0.2) is 42.5 Å². The molecule has 3 nitrogen and oxygen atoms in total. The van der Waals surface area contributed by atoms with E-state index >= 15 is 0 Å². The Balaban J connectivity index is 2.24. The third kappa shape index (κ3) is 6.45. The quantitative estimate of drug-likeness (QED) is 0.552. The number of hydrogen-bond acceptors (Lipinski definition) is 3. The first-order valence-corrected chi connectivity index (χ1v) is 6.71. The van der Waals surface area contributed by atoms with E-state index in [4.69, 9.17) is 5.11 Å². The molecule has 0 saturated carbocycles. The molecule has 0 aliphatic carbocycles. The molecule has 0 unspecified atom stereocenters. The number of hydrogen-bond donors (Lipinski definition) is 1. The summed E-state index contributed by atoms with van der Waals surface area (Å²) in [7, 11) is 1.98. The first-order chi connectivity index (χ1) is 9.13. The van der Waals surface area contributed by atoms with Gasteiger partial charge in [0.2, 0.25) is 0 Å². The van der Waals surface area contributed by atoms with Crippen LogP contribution in [-0.2, 0) is 0 Å². The molecule has 1 aromatic rings. The van der Waals surface area contributed by atoms with Crippen molar-refractivity contribution < 1.29 is 14.3 Å². The van der Waals surface area contributed by atoms with E-state index in [1.54, 1.807) is 0 Å². The number of aliphatic hydroxyl groups excluding tert-OH is 1. The summed E-state index contributed by atoms with van der Waals surface area (Å²) in [6, 6.07) is 5.68. The van der Waals surface area contributed by atoms with E-state index in [0.717, 1.165) is 25.8 Å². The molecule has 0 aromatic heterocycles. The number of carbonyl (C=O) groups excluding carboxylic acids is 1. The molecule has 0 aliphatic rings. The van der Waals surface area contributed by atoms with E-state index in [0.29, 0.717) is 18.5 Å². The topological polar surface area (TPSA) is 40.5 Å². The summed E-state index contributed by atoms with van der Waals surface area (Å²) in [5.74, 6) is -0.278. The predicted molar refractivity (Wildman–Crippen MR) is 73.8 cm³/mol. The average molecular weight is 267 g/mol. The second kappa shape index (κ2) is 8.77. The molecule has 0 fully saturated rings. The lowest BCUT2D eigenvalue weighted by atomic mass is 10.1. The molecule has 106 valence electrons. The molecule has 0 spiro atoms. The highest BCUT2D eigenvalue weighted by atomic mass is 19.1. The highest BCUT2D eigenvalue weighted by Gasteiger charge is 2.07. The Bertz CT molecular complexity index is 378. The first-order valence-electron chi connectivity index (χ1n) is 6.71. The third-order valence-electron chi connectivity index (χ3n) is 3.08. The molecule has 4 heteroatoms. The Labute approximate surface area is 114 Å². The van der Waals surface area contributed by atoms with E-state index in [1.807, 2.05) is 7.05 Å². The Kier molecular flexibility index (Phi) is 7.30. The Morgan fingerprint density at radius 1 is 1.16 bits per heavy atom. The van der Waals surface area contributed by atoms with Crippen LogP contribution in [0, 0.1) is 5.82 Å². The van der Waals surface area contributed by atoms with Gasteiger partial charge >= 0.3 is 0 Å². The predicted octanol–water partition coefficient (Wildman–Crippen LogP) is 2.49. The number of Topliss-reactive ketones (excluding diaryl/α,β-unsaturated/α-hetero) is 1. The summed E-state index contributed by atoms with van der Waals surface area (Å²) in [6.45, 7) is 1.87. The maximum absolute atomic E-state index is 12.7. The number of halogens is 1. The second-order valence-electron chi connectivity index (χ2n) is 4.77. The zero-order chi connectivity index (χ0) is 14.1. The number of carbonyl (C=O) groups is 1. The molecule has 19 heavy (non-hydrogen) atoms. The summed E-state index contributed by atoms with van der Waals surface area (Å²) < 4.78 is 12.7. The number of nitrogens with zero attached hydrogens (tertiary/aromatic N) is 1. The Hall–Kier alpha value is -1.26. The maximum Gasteiger partial charge on any atom is 0.164 e. The summed E-state index contributed by atoms with van der Waals surface area (Å²) in [4.78, 5) is 14.0. The van der Waals surface area contributed by atoms with Crippen LogP contribution in [0.2, 0.25) is 0 Å². The lowest BCUT2D eigenvalue weighted by Gasteiger charge is -2.15. The van der Waals surface area contributed by atoms with Crippen molar-refractivity contribution in [3.8, 4) is 0 Å². The van der Waals surface area contributed by atoms with Crippen LogP contribution in [0.25, 0.3) is 0 Å². The number of ketones is 1. The molecule has 1 aromatic carbocycles. The summed E-state index contributed by atoms with van der Waals surface area (Å²) >= 11 is 0. The van der Waals surface area contributed by atoms with Gasteiger partial charge in [0.25, 0.3) is 0 Å². The number of aliphatic hydroxyl groups is 1. The van der Waals surface area contributed by atoms with Gasteiger partial charge in [-0.2, -0.15) is 0 Å². The van der Waals surface area contributed by atoms with Crippen LogP contribution in [0.1, 0.15) is 36.0 Å². The molecular weight excluding hydrogens is 245 g/mol. The lowest BCUT2D eigenvalue weighted by Crippen LogP contribution is -2.23. The van der Waals surface area contributed by atoms with Crippen molar-refractivity contribution in [1.29, 1.82) is 0 Å². The smallest absolute Gasteiger partial charge is 0.164 e. The zero-order valence-corrected chi connectivity index (χ0v) is 11.4. The molecule has 0 aliphatic heterocycles. The normalized spacial score (nSPS) is 10.9. The Morgan fingerprint density at radius 2 is 1.84 bits per heavy atom. The minimum atomic E-state index is -0.322. The highest BCUT2D eigenvalue weighted by Crippen LogP contribution is 2.06. The van der Waals surface area contributed by atoms with Gasteiger partial charge in [0.15, 0.2) is 5.78 Å². The second-order valence-corrected chi connectivity index (χ2v) is 4.77. The van der Waals surface area contributed by atoms with Gasteiger partial charge in [0.1, 0.15) is 5.82 Å². The van der Waals surface area contributed by atoms with E-state index in [1.165, 1.54) is 24.3 Å². The molecule has 0 heterocycles. The van der Waals surface area contributed by atoms with Crippen molar-refractivity contribution in [2.45, 2.75) is 25.7 Å². The van der Waals surface area contributed by atoms with Gasteiger partial charge in [0, 0.05) is 25.1 Å². The van der Waals surface area contributed by atoms with Crippen molar-refractivity contribution in [1.82, 2.24) is 4.90 Å². The van der Waals surface area contributed by atoms with Gasteiger partial charge in [0.05, 0.1) is 0 Å². The van der Waals surface area contributed by atoms with Gasteiger partial charge < -0.3 is 10.0 Å². The van der Waals surface area contributed by atoms with Gasteiger partial charge in [-0.3, -0.25) is 4.79 Å². The average Bonchev–Trinajstić information content (AvgIpc) is 2.42. The number of rotatable bonds is 9. The van der Waals surface area contributed by atoms with Crippen LogP contribution >= 0.6 is 0 Å². The minimum Gasteiger partial charge on any atom is -0.396 e. The van der Waals surface area contributed by atoms with Crippen molar-refractivity contribution in [3.05, 3.63) is 35.6 Å². The SMILES string of the molecule is CN(CCCCCO)CCC(=O)c1ccc(F)cc1. The fraction of sp³-hybridized carbons (Fsp3) is 0.533. The molecule has 0 atom stereocenters. The number of unbranched alkanes of at least 4 members (excludes halogenated alkanes) is 2.